The average Bonchev–Trinajstić information content (AvgIpc) is 3.84. The first-order valence-corrected chi connectivity index (χ1v) is 16.1. The molecular weight excluding hydrogens is 649 g/mol. The molecule has 0 radical (unpaired) electrons. The van der Waals surface area contributed by atoms with Crippen LogP contribution in [0.1, 0.15) is 44.6 Å². The molecule has 1 N–H and O–H groups in total. The van der Waals surface area contributed by atoms with Crippen LogP contribution in [0.2, 0.25) is 0 Å². The van der Waals surface area contributed by atoms with Gasteiger partial charge in [-0.05, 0) is 66.4 Å². The number of amides is 2. The quantitative estimate of drug-likeness (QED) is 0.106. The van der Waals surface area contributed by atoms with E-state index in [1.165, 1.54) is 77.9 Å². The van der Waals surface area contributed by atoms with E-state index in [0.29, 0.717) is 17.3 Å². The third-order valence-electron chi connectivity index (χ3n) is 7.49. The van der Waals surface area contributed by atoms with E-state index < -0.39 is 22.7 Å². The van der Waals surface area contributed by atoms with Crippen molar-refractivity contribution in [3.05, 3.63) is 133 Å². The van der Waals surface area contributed by atoms with Crippen molar-refractivity contribution in [1.82, 2.24) is 25.1 Å². The Balaban J connectivity index is 1.24. The molecular formula is C32H25F2N7O4S2. The number of nitro groups is 1. The summed E-state index contributed by atoms with van der Waals surface area (Å²) < 4.78 is 29.1. The molecule has 15 heteroatoms. The van der Waals surface area contributed by atoms with Crippen LogP contribution in [0.5, 0.6) is 0 Å². The zero-order chi connectivity index (χ0) is 33.1. The van der Waals surface area contributed by atoms with Crippen LogP contribution in [0.15, 0.2) is 94.5 Å². The van der Waals surface area contributed by atoms with Crippen molar-refractivity contribution in [3.8, 4) is 5.69 Å². The minimum absolute atomic E-state index is 0.0858. The molecule has 5 aromatic rings. The second-order valence-electron chi connectivity index (χ2n) is 10.4. The number of nitrogens with zero attached hydrogens (tertiary/aromatic N) is 6. The molecule has 0 unspecified atom stereocenters. The van der Waals surface area contributed by atoms with Gasteiger partial charge >= 0.3 is 0 Å². The largest absolute Gasteiger partial charge is 0.345 e. The molecule has 1 aliphatic heterocycles. The Bertz CT molecular complexity index is 1980. The lowest BCUT2D eigenvalue weighted by Gasteiger charge is -2.22. The number of nitrogens with one attached hydrogen (secondary N) is 1. The first-order valence-electron chi connectivity index (χ1n) is 14.2. The van der Waals surface area contributed by atoms with Gasteiger partial charge in [-0.2, -0.15) is 5.10 Å². The van der Waals surface area contributed by atoms with Gasteiger partial charge in [-0.15, -0.1) is 21.5 Å². The van der Waals surface area contributed by atoms with Crippen molar-refractivity contribution in [2.75, 3.05) is 5.75 Å². The number of carbonyl (C=O) groups is 2. The maximum Gasteiger partial charge on any atom is 0.273 e. The van der Waals surface area contributed by atoms with Crippen molar-refractivity contribution in [3.63, 3.8) is 0 Å². The van der Waals surface area contributed by atoms with Gasteiger partial charge in [0, 0.05) is 29.3 Å². The van der Waals surface area contributed by atoms with Crippen molar-refractivity contribution in [2.45, 2.75) is 31.1 Å². The van der Waals surface area contributed by atoms with Gasteiger partial charge in [-0.25, -0.2) is 13.8 Å². The lowest BCUT2D eigenvalue weighted by Crippen LogP contribution is -2.28. The standard InChI is InChI=1S/C32H25F2N7O4S2/c1-19-24(4-2-5-26(19)41(44)45)31(43)35-17-29-36-37-32(39(29)23-13-11-22(34)12-14-23)47-18-30(42)40-27(20-7-9-21(33)10-8-20)16-25(38-40)28-6-3-15-46-28/h2-15,27H,16-18H2,1H3,(H,35,43)/t27-/m0/s1. The number of hydrogen-bond acceptors (Lipinski definition) is 9. The maximum atomic E-state index is 13.8. The Hall–Kier alpha value is -5.28. The third-order valence-corrected chi connectivity index (χ3v) is 9.32. The van der Waals surface area contributed by atoms with E-state index >= 15 is 0 Å². The molecule has 0 spiro atoms. The third kappa shape index (κ3) is 6.80. The van der Waals surface area contributed by atoms with Crippen LogP contribution in [-0.4, -0.2) is 48.0 Å². The van der Waals surface area contributed by atoms with Gasteiger partial charge in [0.25, 0.3) is 17.5 Å². The lowest BCUT2D eigenvalue weighted by molar-refractivity contribution is -0.385. The highest BCUT2D eigenvalue weighted by Crippen LogP contribution is 2.35. The Kier molecular flexibility index (Phi) is 9.17. The van der Waals surface area contributed by atoms with E-state index in [4.69, 9.17) is 0 Å². The zero-order valence-electron chi connectivity index (χ0n) is 24.7. The van der Waals surface area contributed by atoms with Gasteiger partial charge in [0.15, 0.2) is 11.0 Å². The van der Waals surface area contributed by atoms with Crippen LogP contribution in [0.4, 0.5) is 14.5 Å². The summed E-state index contributed by atoms with van der Waals surface area (Å²) >= 11 is 2.60. The predicted octanol–water partition coefficient (Wildman–Crippen LogP) is 6.22. The summed E-state index contributed by atoms with van der Waals surface area (Å²) in [6.45, 7) is 1.38. The van der Waals surface area contributed by atoms with E-state index in [1.54, 1.807) is 16.7 Å². The monoisotopic (exact) mass is 673 g/mol. The lowest BCUT2D eigenvalue weighted by atomic mass is 10.0. The number of aromatic nitrogens is 3. The molecule has 11 nitrogen and oxygen atoms in total. The van der Waals surface area contributed by atoms with Crippen molar-refractivity contribution < 1.29 is 23.3 Å². The molecule has 0 aliphatic carbocycles. The molecule has 0 saturated carbocycles. The molecule has 1 atom stereocenters. The number of rotatable bonds is 10. The fourth-order valence-electron chi connectivity index (χ4n) is 5.15. The number of benzene rings is 3. The Morgan fingerprint density at radius 3 is 2.43 bits per heavy atom. The number of hydrogen-bond donors (Lipinski definition) is 1. The van der Waals surface area contributed by atoms with Gasteiger partial charge in [0.05, 0.1) is 33.9 Å². The second kappa shape index (κ2) is 13.6. The highest BCUT2D eigenvalue weighted by Gasteiger charge is 2.34. The summed E-state index contributed by atoms with van der Waals surface area (Å²) in [5.74, 6) is -1.51. The second-order valence-corrected chi connectivity index (χ2v) is 12.3. The van der Waals surface area contributed by atoms with Gasteiger partial charge in [0.1, 0.15) is 11.6 Å². The van der Waals surface area contributed by atoms with E-state index in [1.807, 2.05) is 17.5 Å². The molecule has 1 aliphatic rings. The molecule has 6 rings (SSSR count). The molecule has 3 heterocycles. The topological polar surface area (TPSA) is 136 Å². The molecule has 238 valence electrons. The number of thiophene rings is 1. The number of halogens is 2. The van der Waals surface area contributed by atoms with Crippen LogP contribution in [-0.2, 0) is 11.3 Å². The smallest absolute Gasteiger partial charge is 0.273 e. The summed E-state index contributed by atoms with van der Waals surface area (Å²) in [7, 11) is 0. The van der Waals surface area contributed by atoms with E-state index in [-0.39, 0.29) is 46.7 Å². The highest BCUT2D eigenvalue weighted by molar-refractivity contribution is 7.99. The minimum atomic E-state index is -0.555. The van der Waals surface area contributed by atoms with Gasteiger partial charge in [-0.3, -0.25) is 24.3 Å². The molecule has 3 aromatic carbocycles. The number of thioether (sulfide) groups is 1. The molecule has 0 saturated heterocycles. The van der Waals surface area contributed by atoms with E-state index in [9.17, 15) is 28.5 Å². The van der Waals surface area contributed by atoms with Crippen LogP contribution < -0.4 is 5.32 Å². The fraction of sp³-hybridized carbons (Fsp3) is 0.156. The van der Waals surface area contributed by atoms with Crippen LogP contribution in [0.3, 0.4) is 0 Å². The van der Waals surface area contributed by atoms with Gasteiger partial charge < -0.3 is 5.32 Å². The SMILES string of the molecule is Cc1c(C(=O)NCc2nnc(SCC(=O)N3N=C(c4cccs4)C[C@H]3c3ccc(F)cc3)n2-c2ccc(F)cc2)cccc1[N+](=O)[O-]. The Morgan fingerprint density at radius 1 is 1.02 bits per heavy atom. The van der Waals surface area contributed by atoms with Crippen molar-refractivity contribution >= 4 is 46.3 Å². The van der Waals surface area contributed by atoms with Gasteiger partial charge in [0.2, 0.25) is 0 Å². The maximum absolute atomic E-state index is 13.8. The molecule has 2 aromatic heterocycles. The van der Waals surface area contributed by atoms with Gasteiger partial charge in [-0.1, -0.05) is 36.0 Å². The summed E-state index contributed by atoms with van der Waals surface area (Å²) in [5, 5.41) is 30.9. The first kappa shape index (κ1) is 31.7. The molecule has 47 heavy (non-hydrogen) atoms. The molecule has 2 amide bonds. The summed E-state index contributed by atoms with van der Waals surface area (Å²) in [6.07, 6.45) is 0.461. The highest BCUT2D eigenvalue weighted by atomic mass is 32.2. The van der Waals surface area contributed by atoms with Crippen LogP contribution >= 0.6 is 23.1 Å². The molecule has 0 bridgehead atoms. The number of carbonyl (C=O) groups excluding carboxylic acids is 2. The number of hydrazone groups is 1. The normalized spacial score (nSPS) is 14.2. The number of nitro benzene ring substituents is 1. The fourth-order valence-corrected chi connectivity index (χ4v) is 6.69. The predicted molar refractivity (Wildman–Crippen MR) is 173 cm³/mol. The van der Waals surface area contributed by atoms with E-state index in [0.717, 1.165) is 27.9 Å². The van der Waals surface area contributed by atoms with Crippen molar-refractivity contribution in [2.24, 2.45) is 5.10 Å². The Morgan fingerprint density at radius 2 is 1.74 bits per heavy atom. The summed E-state index contributed by atoms with van der Waals surface area (Å²) in [4.78, 5) is 38.4. The summed E-state index contributed by atoms with van der Waals surface area (Å²) in [6, 6.07) is 19.2. The van der Waals surface area contributed by atoms with E-state index in [2.05, 4.69) is 20.6 Å². The summed E-state index contributed by atoms with van der Waals surface area (Å²) in [5.41, 5.74) is 2.16. The van der Waals surface area contributed by atoms with Crippen molar-refractivity contribution in [1.29, 1.82) is 0 Å². The first-order chi connectivity index (χ1) is 22.7. The zero-order valence-corrected chi connectivity index (χ0v) is 26.3. The van der Waals surface area contributed by atoms with Crippen LogP contribution in [0, 0.1) is 28.7 Å². The minimum Gasteiger partial charge on any atom is -0.345 e. The Labute approximate surface area is 275 Å². The average molecular weight is 674 g/mol. The van der Waals surface area contributed by atoms with Crippen LogP contribution in [0.25, 0.3) is 5.69 Å². The molecule has 0 fully saturated rings.